The minimum absolute atomic E-state index is 0.0806. The third-order valence-electron chi connectivity index (χ3n) is 6.14. The van der Waals surface area contributed by atoms with E-state index < -0.39 is 10.0 Å². The number of benzene rings is 2. The second-order valence-electron chi connectivity index (χ2n) is 7.81. The number of hydrogen-bond acceptors (Lipinski definition) is 5. The average molecular weight is 452 g/mol. The van der Waals surface area contributed by atoms with Gasteiger partial charge < -0.3 is 14.5 Å². The lowest BCUT2D eigenvalue weighted by molar-refractivity contribution is 0.0730. The molecule has 0 radical (unpaired) electrons. The highest BCUT2D eigenvalue weighted by Gasteiger charge is 2.40. The Morgan fingerprint density at radius 2 is 1.90 bits per heavy atom. The summed E-state index contributed by atoms with van der Waals surface area (Å²) in [5, 5.41) is 0.380. The van der Waals surface area contributed by atoms with Gasteiger partial charge in [-0.15, -0.1) is 0 Å². The molecule has 0 aromatic heterocycles. The van der Waals surface area contributed by atoms with Crippen LogP contribution in [-0.4, -0.2) is 51.7 Å². The van der Waals surface area contributed by atoms with Gasteiger partial charge in [0.1, 0.15) is 12.0 Å². The van der Waals surface area contributed by atoms with Crippen molar-refractivity contribution < 1.29 is 17.5 Å². The third-order valence-corrected chi connectivity index (χ3v) is 8.39. The van der Waals surface area contributed by atoms with Gasteiger partial charge in [-0.3, -0.25) is 0 Å². The van der Waals surface area contributed by atoms with E-state index in [1.165, 1.54) is 10.4 Å². The first-order chi connectivity index (χ1) is 14.5. The molecule has 0 saturated carbocycles. The Morgan fingerprint density at radius 1 is 1.10 bits per heavy atom. The van der Waals surface area contributed by atoms with Crippen LogP contribution in [0.5, 0.6) is 0 Å². The number of halogens is 2. The molecule has 160 valence electrons. The highest BCUT2D eigenvalue weighted by atomic mass is 35.5. The molecule has 0 bridgehead atoms. The van der Waals surface area contributed by atoms with Crippen LogP contribution in [0, 0.1) is 5.82 Å². The summed E-state index contributed by atoms with van der Waals surface area (Å²) in [7, 11) is -3.61. The quantitative estimate of drug-likeness (QED) is 0.712. The molecule has 2 aromatic carbocycles. The molecule has 0 N–H and O–H groups in total. The van der Waals surface area contributed by atoms with Crippen LogP contribution in [0.15, 0.2) is 41.3 Å². The molecule has 0 aliphatic carbocycles. The lowest BCUT2D eigenvalue weighted by Crippen LogP contribution is -2.40. The SMILES string of the molecule is O=S(=O)(c1ccc2c(c1)N(Cc1c(F)cccc1Cl)C1CCCN21)N1CCOCC1. The number of morpholine rings is 1. The molecule has 3 aliphatic heterocycles. The van der Waals surface area contributed by atoms with Gasteiger partial charge in [0.15, 0.2) is 0 Å². The molecule has 1 unspecified atom stereocenters. The van der Waals surface area contributed by atoms with Crippen LogP contribution in [0.4, 0.5) is 15.8 Å². The molecule has 30 heavy (non-hydrogen) atoms. The maximum atomic E-state index is 14.5. The summed E-state index contributed by atoms with van der Waals surface area (Å²) < 4.78 is 47.6. The van der Waals surface area contributed by atoms with Crippen molar-refractivity contribution in [2.45, 2.75) is 30.4 Å². The average Bonchev–Trinajstić information content (AvgIpc) is 3.33. The smallest absolute Gasteiger partial charge is 0.243 e. The van der Waals surface area contributed by atoms with E-state index in [-0.39, 0.29) is 16.9 Å². The predicted molar refractivity (Wildman–Crippen MR) is 114 cm³/mol. The molecule has 2 saturated heterocycles. The van der Waals surface area contributed by atoms with Gasteiger partial charge in [-0.1, -0.05) is 17.7 Å². The number of fused-ring (bicyclic) bond motifs is 3. The van der Waals surface area contributed by atoms with Crippen LogP contribution in [0.2, 0.25) is 5.02 Å². The minimum Gasteiger partial charge on any atom is -0.379 e. The molecule has 5 rings (SSSR count). The van der Waals surface area contributed by atoms with Gasteiger partial charge in [-0.2, -0.15) is 4.31 Å². The normalized spacial score (nSPS) is 21.7. The fourth-order valence-electron chi connectivity index (χ4n) is 4.63. The molecule has 1 atom stereocenters. The monoisotopic (exact) mass is 451 g/mol. The number of nitrogens with zero attached hydrogens (tertiary/aromatic N) is 3. The van der Waals surface area contributed by atoms with Crippen molar-refractivity contribution in [3.8, 4) is 0 Å². The zero-order chi connectivity index (χ0) is 20.9. The standard InChI is InChI=1S/C21H23ClFN3O3S/c22-17-3-1-4-18(23)16(17)14-26-20-13-15(30(27,28)24-9-11-29-12-10-24)6-7-19(20)25-8-2-5-21(25)26/h1,3-4,6-7,13,21H,2,5,8-12,14H2. The predicted octanol–water partition coefficient (Wildman–Crippen LogP) is 3.45. The Hall–Kier alpha value is -1.87. The maximum Gasteiger partial charge on any atom is 0.243 e. The van der Waals surface area contributed by atoms with E-state index in [1.54, 1.807) is 24.3 Å². The summed E-state index contributed by atoms with van der Waals surface area (Å²) in [6.45, 7) is 2.69. The zero-order valence-corrected chi connectivity index (χ0v) is 18.0. The molecule has 2 fully saturated rings. The van der Waals surface area contributed by atoms with Gasteiger partial charge in [0, 0.05) is 36.8 Å². The molecule has 0 amide bonds. The van der Waals surface area contributed by atoms with Crippen molar-refractivity contribution in [1.82, 2.24) is 4.31 Å². The molecule has 2 aromatic rings. The van der Waals surface area contributed by atoms with Crippen LogP contribution < -0.4 is 9.80 Å². The van der Waals surface area contributed by atoms with Crippen molar-refractivity contribution >= 4 is 33.0 Å². The highest BCUT2D eigenvalue weighted by Crippen LogP contribution is 2.46. The molecule has 0 spiro atoms. The Morgan fingerprint density at radius 3 is 2.67 bits per heavy atom. The van der Waals surface area contributed by atoms with Crippen molar-refractivity contribution in [3.05, 3.63) is 52.8 Å². The minimum atomic E-state index is -3.61. The Bertz CT molecular complexity index is 1050. The van der Waals surface area contributed by atoms with E-state index in [4.69, 9.17) is 16.3 Å². The summed E-state index contributed by atoms with van der Waals surface area (Å²) in [4.78, 5) is 4.62. The first kappa shape index (κ1) is 20.1. The number of anilines is 2. The molecular formula is C21H23ClFN3O3S. The number of sulfonamides is 1. The molecular weight excluding hydrogens is 429 g/mol. The van der Waals surface area contributed by atoms with Crippen LogP contribution in [0.25, 0.3) is 0 Å². The maximum absolute atomic E-state index is 14.5. The Balaban J connectivity index is 1.54. The summed E-state index contributed by atoms with van der Waals surface area (Å²) in [5.41, 5.74) is 2.24. The summed E-state index contributed by atoms with van der Waals surface area (Å²) in [6, 6.07) is 9.97. The van der Waals surface area contributed by atoms with Gasteiger partial charge in [-0.25, -0.2) is 12.8 Å². The zero-order valence-electron chi connectivity index (χ0n) is 16.4. The molecule has 3 heterocycles. The second-order valence-corrected chi connectivity index (χ2v) is 10.2. The van der Waals surface area contributed by atoms with Crippen LogP contribution in [0.1, 0.15) is 18.4 Å². The lowest BCUT2D eigenvalue weighted by Gasteiger charge is -2.28. The van der Waals surface area contributed by atoms with Gasteiger partial charge in [0.05, 0.1) is 29.5 Å². The van der Waals surface area contributed by atoms with Gasteiger partial charge in [-0.05, 0) is 43.2 Å². The van der Waals surface area contributed by atoms with Gasteiger partial charge in [0.25, 0.3) is 0 Å². The first-order valence-electron chi connectivity index (χ1n) is 10.1. The van der Waals surface area contributed by atoms with Gasteiger partial charge >= 0.3 is 0 Å². The summed E-state index contributed by atoms with van der Waals surface area (Å²) >= 11 is 6.29. The Kier molecular flexibility index (Phi) is 5.13. The van der Waals surface area contributed by atoms with E-state index in [0.29, 0.717) is 43.4 Å². The van der Waals surface area contributed by atoms with E-state index in [9.17, 15) is 12.8 Å². The fraction of sp³-hybridized carbons (Fsp3) is 0.429. The number of rotatable bonds is 4. The summed E-state index contributed by atoms with van der Waals surface area (Å²) in [6.07, 6.45) is 2.06. The van der Waals surface area contributed by atoms with Crippen molar-refractivity contribution in [1.29, 1.82) is 0 Å². The van der Waals surface area contributed by atoms with Crippen LogP contribution >= 0.6 is 11.6 Å². The van der Waals surface area contributed by atoms with Gasteiger partial charge in [0.2, 0.25) is 10.0 Å². The number of hydrogen-bond donors (Lipinski definition) is 0. The van der Waals surface area contributed by atoms with E-state index in [2.05, 4.69) is 9.80 Å². The molecule has 3 aliphatic rings. The van der Waals surface area contributed by atoms with E-state index in [0.717, 1.165) is 30.8 Å². The lowest BCUT2D eigenvalue weighted by atomic mass is 10.1. The second kappa shape index (κ2) is 7.67. The number of ether oxygens (including phenoxy) is 1. The first-order valence-corrected chi connectivity index (χ1v) is 12.0. The van der Waals surface area contributed by atoms with Crippen LogP contribution in [0.3, 0.4) is 0 Å². The Labute approximate surface area is 180 Å². The van der Waals surface area contributed by atoms with E-state index >= 15 is 0 Å². The molecule has 6 nitrogen and oxygen atoms in total. The summed E-state index contributed by atoms with van der Waals surface area (Å²) in [5.74, 6) is -0.349. The third kappa shape index (κ3) is 3.26. The highest BCUT2D eigenvalue weighted by molar-refractivity contribution is 7.89. The topological polar surface area (TPSA) is 53.1 Å². The van der Waals surface area contributed by atoms with E-state index in [1.807, 2.05) is 6.07 Å². The van der Waals surface area contributed by atoms with Crippen LogP contribution in [-0.2, 0) is 21.3 Å². The van der Waals surface area contributed by atoms with Crippen molar-refractivity contribution in [3.63, 3.8) is 0 Å². The molecule has 9 heteroatoms. The fourth-order valence-corrected chi connectivity index (χ4v) is 6.28. The van der Waals surface area contributed by atoms with Crippen molar-refractivity contribution in [2.24, 2.45) is 0 Å². The van der Waals surface area contributed by atoms with Crippen molar-refractivity contribution in [2.75, 3.05) is 42.6 Å². The largest absolute Gasteiger partial charge is 0.379 e.